The zero-order valence-electron chi connectivity index (χ0n) is 13.2. The molecule has 0 aliphatic heterocycles. The van der Waals surface area contributed by atoms with Crippen molar-refractivity contribution in [3.8, 4) is 11.3 Å². The van der Waals surface area contributed by atoms with E-state index >= 15 is 0 Å². The fraction of sp³-hybridized carbons (Fsp3) is 0.0526. The van der Waals surface area contributed by atoms with E-state index in [1.165, 1.54) is 0 Å². The summed E-state index contributed by atoms with van der Waals surface area (Å²) >= 11 is 24.7. The largest absolute Gasteiger partial charge is 0.369 e. The fourth-order valence-electron chi connectivity index (χ4n) is 2.68. The smallest absolute Gasteiger partial charge is 0.231 e. The summed E-state index contributed by atoms with van der Waals surface area (Å²) in [6.45, 7) is 0. The lowest BCUT2D eigenvalue weighted by Gasteiger charge is -2.17. The number of carbonyl (C=O) groups is 1. The third kappa shape index (κ3) is 3.81. The standard InChI is InChI=1S/C19H12Cl4N2O/c20-10-7-8-11(14(23)9-10)15-5-2-6-16(25-15)18(19(24)26)17-12(21)3-1-4-13(17)22/h1-9,18H,(H2,24,26). The average molecular weight is 426 g/mol. The highest BCUT2D eigenvalue weighted by Crippen LogP contribution is 2.36. The van der Waals surface area contributed by atoms with Crippen LogP contribution in [0.5, 0.6) is 0 Å². The summed E-state index contributed by atoms with van der Waals surface area (Å²) in [5.74, 6) is -1.49. The lowest BCUT2D eigenvalue weighted by Crippen LogP contribution is -2.24. The Balaban J connectivity index is 2.14. The topological polar surface area (TPSA) is 56.0 Å². The number of benzene rings is 2. The quantitative estimate of drug-likeness (QED) is 0.558. The normalized spacial score (nSPS) is 12.0. The van der Waals surface area contributed by atoms with Crippen molar-refractivity contribution in [2.24, 2.45) is 5.73 Å². The number of amides is 1. The molecule has 1 amide bonds. The highest BCUT2D eigenvalue weighted by molar-refractivity contribution is 6.37. The molecule has 2 N–H and O–H groups in total. The molecule has 0 saturated heterocycles. The molecule has 0 fully saturated rings. The Bertz CT molecular complexity index is 971. The number of hydrogen-bond donors (Lipinski definition) is 1. The minimum atomic E-state index is -0.887. The number of pyridine rings is 1. The van der Waals surface area contributed by atoms with Crippen molar-refractivity contribution in [3.63, 3.8) is 0 Å². The van der Waals surface area contributed by atoms with Crippen LogP contribution in [-0.2, 0) is 4.79 Å². The van der Waals surface area contributed by atoms with Crippen LogP contribution in [0.15, 0.2) is 54.6 Å². The first-order valence-electron chi connectivity index (χ1n) is 7.54. The first kappa shape index (κ1) is 19.0. The molecule has 0 aliphatic carbocycles. The number of carbonyl (C=O) groups excluding carboxylic acids is 1. The van der Waals surface area contributed by atoms with Gasteiger partial charge in [-0.2, -0.15) is 0 Å². The van der Waals surface area contributed by atoms with Gasteiger partial charge in [-0.15, -0.1) is 0 Å². The molecule has 0 bridgehead atoms. The zero-order chi connectivity index (χ0) is 18.8. The lowest BCUT2D eigenvalue weighted by atomic mass is 9.93. The van der Waals surface area contributed by atoms with Gasteiger partial charge in [-0.3, -0.25) is 9.78 Å². The van der Waals surface area contributed by atoms with E-state index in [1.54, 1.807) is 54.6 Å². The van der Waals surface area contributed by atoms with Crippen molar-refractivity contribution in [3.05, 3.63) is 85.9 Å². The van der Waals surface area contributed by atoms with Gasteiger partial charge >= 0.3 is 0 Å². The monoisotopic (exact) mass is 424 g/mol. The Labute approximate surface area is 170 Å². The number of nitrogens with two attached hydrogens (primary N) is 1. The molecule has 3 aromatic rings. The molecule has 1 atom stereocenters. The van der Waals surface area contributed by atoms with Crippen molar-refractivity contribution in [2.45, 2.75) is 5.92 Å². The first-order chi connectivity index (χ1) is 12.4. The van der Waals surface area contributed by atoms with Gasteiger partial charge < -0.3 is 5.73 Å². The van der Waals surface area contributed by atoms with Gasteiger partial charge in [0, 0.05) is 26.2 Å². The van der Waals surface area contributed by atoms with Crippen LogP contribution >= 0.6 is 46.4 Å². The van der Waals surface area contributed by atoms with Crippen molar-refractivity contribution in [1.82, 2.24) is 4.98 Å². The van der Waals surface area contributed by atoms with Crippen LogP contribution in [0.4, 0.5) is 0 Å². The maximum atomic E-state index is 12.2. The number of nitrogens with zero attached hydrogens (tertiary/aromatic N) is 1. The minimum absolute atomic E-state index is 0.345. The van der Waals surface area contributed by atoms with E-state index in [-0.39, 0.29) is 0 Å². The maximum Gasteiger partial charge on any atom is 0.231 e. The summed E-state index contributed by atoms with van der Waals surface area (Å²) in [5.41, 5.74) is 7.76. The van der Waals surface area contributed by atoms with Crippen LogP contribution in [0.2, 0.25) is 20.1 Å². The van der Waals surface area contributed by atoms with Gasteiger partial charge in [0.15, 0.2) is 0 Å². The molecule has 1 heterocycles. The number of primary amides is 1. The van der Waals surface area contributed by atoms with E-state index in [4.69, 9.17) is 52.1 Å². The molecular weight excluding hydrogens is 414 g/mol. The lowest BCUT2D eigenvalue weighted by molar-refractivity contribution is -0.118. The van der Waals surface area contributed by atoms with Crippen molar-refractivity contribution >= 4 is 52.3 Å². The van der Waals surface area contributed by atoms with E-state index in [9.17, 15) is 4.79 Å². The van der Waals surface area contributed by atoms with Gasteiger partial charge in [0.25, 0.3) is 0 Å². The fourth-order valence-corrected chi connectivity index (χ4v) is 3.80. The van der Waals surface area contributed by atoms with Crippen LogP contribution in [0.25, 0.3) is 11.3 Å². The number of halogens is 4. The summed E-state index contributed by atoms with van der Waals surface area (Å²) in [6.07, 6.45) is 0. The first-order valence-corrected chi connectivity index (χ1v) is 9.05. The Hall–Kier alpha value is -1.78. The molecule has 7 heteroatoms. The molecule has 3 rings (SSSR count). The van der Waals surface area contributed by atoms with E-state index in [0.29, 0.717) is 42.6 Å². The molecule has 0 aliphatic rings. The van der Waals surface area contributed by atoms with Crippen molar-refractivity contribution in [2.75, 3.05) is 0 Å². The van der Waals surface area contributed by atoms with Gasteiger partial charge in [-0.25, -0.2) is 0 Å². The van der Waals surface area contributed by atoms with Crippen LogP contribution < -0.4 is 5.73 Å². The van der Waals surface area contributed by atoms with Gasteiger partial charge in [-0.05, 0) is 42.5 Å². The van der Waals surface area contributed by atoms with Crippen LogP contribution in [-0.4, -0.2) is 10.9 Å². The predicted octanol–water partition coefficient (Wildman–Crippen LogP) is 5.98. The van der Waals surface area contributed by atoms with Crippen LogP contribution in [0, 0.1) is 0 Å². The molecule has 2 aromatic carbocycles. The SMILES string of the molecule is NC(=O)C(c1cccc(-c2ccc(Cl)cc2Cl)n1)c1c(Cl)cccc1Cl. The highest BCUT2D eigenvalue weighted by Gasteiger charge is 2.27. The second-order valence-electron chi connectivity index (χ2n) is 5.54. The van der Waals surface area contributed by atoms with E-state index in [1.807, 2.05) is 0 Å². The predicted molar refractivity (Wildman–Crippen MR) is 107 cm³/mol. The molecule has 3 nitrogen and oxygen atoms in total. The van der Waals surface area contributed by atoms with Gasteiger partial charge in [-0.1, -0.05) is 58.5 Å². The number of hydrogen-bond acceptors (Lipinski definition) is 2. The van der Waals surface area contributed by atoms with Crippen LogP contribution in [0.3, 0.4) is 0 Å². The molecule has 132 valence electrons. The third-order valence-corrected chi connectivity index (χ3v) is 5.05. The maximum absolute atomic E-state index is 12.2. The Morgan fingerprint density at radius 1 is 0.885 bits per heavy atom. The summed E-state index contributed by atoms with van der Waals surface area (Å²) in [7, 11) is 0. The van der Waals surface area contributed by atoms with E-state index in [0.717, 1.165) is 0 Å². The molecule has 1 aromatic heterocycles. The average Bonchev–Trinajstić information content (AvgIpc) is 2.58. The number of aromatic nitrogens is 1. The van der Waals surface area contributed by atoms with E-state index < -0.39 is 11.8 Å². The van der Waals surface area contributed by atoms with Crippen molar-refractivity contribution < 1.29 is 4.79 Å². The summed E-state index contributed by atoms with van der Waals surface area (Å²) in [6, 6.07) is 15.4. The summed E-state index contributed by atoms with van der Waals surface area (Å²) in [5, 5.41) is 1.66. The summed E-state index contributed by atoms with van der Waals surface area (Å²) < 4.78 is 0. The van der Waals surface area contributed by atoms with E-state index in [2.05, 4.69) is 4.98 Å². The summed E-state index contributed by atoms with van der Waals surface area (Å²) in [4.78, 5) is 16.8. The Morgan fingerprint density at radius 2 is 1.54 bits per heavy atom. The Morgan fingerprint density at radius 3 is 2.15 bits per heavy atom. The molecule has 26 heavy (non-hydrogen) atoms. The van der Waals surface area contributed by atoms with Crippen LogP contribution in [0.1, 0.15) is 17.2 Å². The molecule has 1 unspecified atom stereocenters. The third-order valence-electron chi connectivity index (χ3n) is 3.85. The van der Waals surface area contributed by atoms with Gasteiger partial charge in [0.05, 0.1) is 16.4 Å². The zero-order valence-corrected chi connectivity index (χ0v) is 16.2. The second-order valence-corrected chi connectivity index (χ2v) is 7.20. The molecular formula is C19H12Cl4N2O. The number of rotatable bonds is 4. The Kier molecular flexibility index (Phi) is 5.73. The molecule has 0 radical (unpaired) electrons. The van der Waals surface area contributed by atoms with Gasteiger partial charge in [0.2, 0.25) is 5.91 Å². The van der Waals surface area contributed by atoms with Gasteiger partial charge in [0.1, 0.15) is 5.92 Å². The van der Waals surface area contributed by atoms with Crippen molar-refractivity contribution in [1.29, 1.82) is 0 Å². The molecule has 0 saturated carbocycles. The highest BCUT2D eigenvalue weighted by atomic mass is 35.5. The minimum Gasteiger partial charge on any atom is -0.369 e. The molecule has 0 spiro atoms. The second kappa shape index (κ2) is 7.85.